The van der Waals surface area contributed by atoms with E-state index in [4.69, 9.17) is 11.6 Å². The summed E-state index contributed by atoms with van der Waals surface area (Å²) in [6.07, 6.45) is 1.56. The van der Waals surface area contributed by atoms with Gasteiger partial charge in [-0.15, -0.1) is 0 Å². The van der Waals surface area contributed by atoms with Crippen molar-refractivity contribution in [2.45, 2.75) is 13.8 Å². The van der Waals surface area contributed by atoms with E-state index in [2.05, 4.69) is 15.6 Å². The number of rotatable bonds is 5. The Balaban J connectivity index is 1.73. The maximum Gasteiger partial charge on any atom is 0.274 e. The van der Waals surface area contributed by atoms with E-state index in [1.165, 1.54) is 6.92 Å². The highest BCUT2D eigenvalue weighted by Crippen LogP contribution is 2.21. The summed E-state index contributed by atoms with van der Waals surface area (Å²) in [5.74, 6) is -0.314. The second-order valence-corrected chi connectivity index (χ2v) is 6.51. The van der Waals surface area contributed by atoms with Crippen LogP contribution in [0.15, 0.2) is 60.8 Å². The van der Waals surface area contributed by atoms with Gasteiger partial charge in [0, 0.05) is 33.8 Å². The summed E-state index contributed by atoms with van der Waals surface area (Å²) in [7, 11) is 0. The summed E-state index contributed by atoms with van der Waals surface area (Å²) in [5, 5.41) is 6.57. The fraction of sp³-hybridized carbons (Fsp3) is 0.0952. The molecule has 1 heterocycles. The van der Waals surface area contributed by atoms with Crippen LogP contribution < -0.4 is 10.6 Å². The number of aryl methyl sites for hydroxylation is 1. The number of pyridine rings is 1. The van der Waals surface area contributed by atoms with Crippen molar-refractivity contribution in [3.63, 3.8) is 0 Å². The molecular weight excluding hydrogens is 362 g/mol. The number of carbonyl (C=O) groups is 2. The van der Waals surface area contributed by atoms with Crippen molar-refractivity contribution in [2.75, 3.05) is 10.6 Å². The number of hydrogen-bond donors (Lipinski definition) is 2. The van der Waals surface area contributed by atoms with E-state index in [0.29, 0.717) is 22.0 Å². The van der Waals surface area contributed by atoms with E-state index < -0.39 is 0 Å². The van der Waals surface area contributed by atoms with Crippen molar-refractivity contribution in [1.82, 2.24) is 4.98 Å². The Bertz CT molecular complexity index is 1000. The molecule has 2 N–H and O–H groups in total. The zero-order valence-electron chi connectivity index (χ0n) is 14.9. The molecule has 0 fully saturated rings. The van der Waals surface area contributed by atoms with Gasteiger partial charge in [-0.3, -0.25) is 14.6 Å². The Kier molecular flexibility index (Phi) is 5.52. The molecule has 1 amide bonds. The highest BCUT2D eigenvalue weighted by Gasteiger charge is 2.10. The molecule has 3 rings (SSSR count). The van der Waals surface area contributed by atoms with Crippen molar-refractivity contribution < 1.29 is 9.59 Å². The van der Waals surface area contributed by atoms with Crippen LogP contribution in [-0.4, -0.2) is 16.7 Å². The third kappa shape index (κ3) is 4.71. The zero-order chi connectivity index (χ0) is 19.4. The zero-order valence-corrected chi connectivity index (χ0v) is 15.7. The van der Waals surface area contributed by atoms with Gasteiger partial charge in [0.2, 0.25) is 0 Å². The molecule has 0 aliphatic carbocycles. The number of hydrogen-bond acceptors (Lipinski definition) is 4. The van der Waals surface area contributed by atoms with Gasteiger partial charge in [0.05, 0.1) is 0 Å². The number of aromatic nitrogens is 1. The van der Waals surface area contributed by atoms with Gasteiger partial charge < -0.3 is 10.6 Å². The monoisotopic (exact) mass is 379 g/mol. The Morgan fingerprint density at radius 1 is 0.926 bits per heavy atom. The van der Waals surface area contributed by atoms with Crippen LogP contribution in [0, 0.1) is 6.92 Å². The average molecular weight is 380 g/mol. The molecule has 5 nitrogen and oxygen atoms in total. The number of nitrogens with one attached hydrogen (secondary N) is 2. The van der Waals surface area contributed by atoms with Crippen molar-refractivity contribution in [1.29, 1.82) is 0 Å². The molecule has 3 aromatic rings. The van der Waals surface area contributed by atoms with Gasteiger partial charge >= 0.3 is 0 Å². The molecule has 6 heteroatoms. The van der Waals surface area contributed by atoms with Crippen molar-refractivity contribution in [3.8, 4) is 0 Å². The first-order chi connectivity index (χ1) is 12.9. The van der Waals surface area contributed by atoms with Gasteiger partial charge in [0.25, 0.3) is 5.91 Å². The van der Waals surface area contributed by atoms with Crippen LogP contribution in [0.1, 0.15) is 33.3 Å². The molecule has 2 aromatic carbocycles. The van der Waals surface area contributed by atoms with Crippen LogP contribution in [0.5, 0.6) is 0 Å². The maximum atomic E-state index is 12.5. The molecule has 0 unspecified atom stereocenters. The van der Waals surface area contributed by atoms with Gasteiger partial charge in [-0.2, -0.15) is 0 Å². The van der Waals surface area contributed by atoms with Crippen molar-refractivity contribution in [2.24, 2.45) is 0 Å². The average Bonchev–Trinajstić information content (AvgIpc) is 2.65. The van der Waals surface area contributed by atoms with Crippen LogP contribution >= 0.6 is 11.6 Å². The minimum Gasteiger partial charge on any atom is -0.355 e. The predicted octanol–water partition coefficient (Wildman–Crippen LogP) is 5.24. The number of benzene rings is 2. The summed E-state index contributed by atoms with van der Waals surface area (Å²) in [5.41, 5.74) is 3.99. The fourth-order valence-corrected chi connectivity index (χ4v) is 2.63. The van der Waals surface area contributed by atoms with Crippen molar-refractivity contribution in [3.05, 3.63) is 82.6 Å². The van der Waals surface area contributed by atoms with E-state index in [1.54, 1.807) is 42.6 Å². The quantitative estimate of drug-likeness (QED) is 0.594. The lowest BCUT2D eigenvalue weighted by atomic mass is 10.1. The molecule has 0 spiro atoms. The van der Waals surface area contributed by atoms with Crippen LogP contribution in [0.3, 0.4) is 0 Å². The van der Waals surface area contributed by atoms with E-state index in [-0.39, 0.29) is 17.4 Å². The first-order valence-corrected chi connectivity index (χ1v) is 8.72. The molecule has 136 valence electrons. The minimum atomic E-state index is -0.328. The molecular formula is C21H18ClN3O2. The Morgan fingerprint density at radius 2 is 1.63 bits per heavy atom. The number of Topliss-reactive ketones (excluding diaryl/α,β-unsaturated/α-hetero) is 1. The highest BCUT2D eigenvalue weighted by molar-refractivity contribution is 6.31. The van der Waals surface area contributed by atoms with Crippen LogP contribution in [0.25, 0.3) is 0 Å². The Hall–Kier alpha value is -3.18. The van der Waals surface area contributed by atoms with Gasteiger partial charge in [0.1, 0.15) is 5.69 Å². The molecule has 0 aliphatic rings. The maximum absolute atomic E-state index is 12.5. The van der Waals surface area contributed by atoms with Gasteiger partial charge in [0.15, 0.2) is 5.78 Å². The predicted molar refractivity (Wildman–Crippen MR) is 108 cm³/mol. The number of carbonyl (C=O) groups excluding carboxylic acids is 2. The topological polar surface area (TPSA) is 71.1 Å². The number of halogens is 1. The second-order valence-electron chi connectivity index (χ2n) is 6.11. The number of anilines is 3. The Labute approximate surface area is 162 Å². The van der Waals surface area contributed by atoms with Gasteiger partial charge in [-0.25, -0.2) is 0 Å². The normalized spacial score (nSPS) is 10.3. The summed E-state index contributed by atoms with van der Waals surface area (Å²) < 4.78 is 0. The summed E-state index contributed by atoms with van der Waals surface area (Å²) in [6, 6.07) is 15.9. The third-order valence-corrected chi connectivity index (χ3v) is 4.41. The number of ketones is 1. The van der Waals surface area contributed by atoms with E-state index in [9.17, 15) is 9.59 Å². The van der Waals surface area contributed by atoms with Gasteiger partial charge in [-0.1, -0.05) is 17.7 Å². The lowest BCUT2D eigenvalue weighted by molar-refractivity contribution is 0.101. The standard InChI is InChI=1S/C21H18ClN3O2/c1-13-3-6-17(11-19(13)22)25-21(27)20-12-18(9-10-23-20)24-16-7-4-15(5-8-16)14(2)26/h3-12H,1-2H3,(H,23,24)(H,25,27). The third-order valence-electron chi connectivity index (χ3n) is 4.00. The smallest absolute Gasteiger partial charge is 0.274 e. The van der Waals surface area contributed by atoms with Crippen molar-refractivity contribution >= 4 is 40.4 Å². The highest BCUT2D eigenvalue weighted by atomic mass is 35.5. The van der Waals surface area contributed by atoms with E-state index in [1.807, 2.05) is 25.1 Å². The van der Waals surface area contributed by atoms with Gasteiger partial charge in [-0.05, 0) is 67.9 Å². The molecule has 0 saturated carbocycles. The molecule has 0 radical (unpaired) electrons. The van der Waals surface area contributed by atoms with E-state index >= 15 is 0 Å². The number of nitrogens with zero attached hydrogens (tertiary/aromatic N) is 1. The lowest BCUT2D eigenvalue weighted by Crippen LogP contribution is -2.13. The SMILES string of the molecule is CC(=O)c1ccc(Nc2ccnc(C(=O)Nc3ccc(C)c(Cl)c3)c2)cc1. The van der Waals surface area contributed by atoms with Crippen LogP contribution in [0.4, 0.5) is 17.1 Å². The molecule has 1 aromatic heterocycles. The summed E-state index contributed by atoms with van der Waals surface area (Å²) in [6.45, 7) is 3.42. The minimum absolute atomic E-state index is 0.0145. The molecule has 0 atom stereocenters. The lowest BCUT2D eigenvalue weighted by Gasteiger charge is -2.09. The molecule has 0 saturated heterocycles. The molecule has 0 bridgehead atoms. The summed E-state index contributed by atoms with van der Waals surface area (Å²) in [4.78, 5) is 27.9. The summed E-state index contributed by atoms with van der Waals surface area (Å²) >= 11 is 6.09. The largest absolute Gasteiger partial charge is 0.355 e. The molecule has 0 aliphatic heterocycles. The first-order valence-electron chi connectivity index (χ1n) is 8.34. The fourth-order valence-electron chi connectivity index (χ4n) is 2.45. The number of amides is 1. The van der Waals surface area contributed by atoms with Crippen LogP contribution in [0.2, 0.25) is 5.02 Å². The van der Waals surface area contributed by atoms with E-state index in [0.717, 1.165) is 11.3 Å². The van der Waals surface area contributed by atoms with Crippen LogP contribution in [-0.2, 0) is 0 Å². The second kappa shape index (κ2) is 8.01. The Morgan fingerprint density at radius 3 is 2.30 bits per heavy atom. The molecule has 27 heavy (non-hydrogen) atoms. The first kappa shape index (κ1) is 18.6.